The molecule has 0 spiro atoms. The molecule has 0 radical (unpaired) electrons. The minimum atomic E-state index is 0.407. The Morgan fingerprint density at radius 3 is 2.62 bits per heavy atom. The molecule has 0 aromatic rings. The first-order valence-corrected chi connectivity index (χ1v) is 8.81. The van der Waals surface area contributed by atoms with Gasteiger partial charge in [-0.2, -0.15) is 0 Å². The first-order chi connectivity index (χ1) is 10.2. The van der Waals surface area contributed by atoms with Crippen molar-refractivity contribution in [2.75, 3.05) is 13.6 Å². The molecule has 4 heteroatoms. The van der Waals surface area contributed by atoms with Crippen LogP contribution in [0.25, 0.3) is 0 Å². The van der Waals surface area contributed by atoms with Gasteiger partial charge in [-0.05, 0) is 31.6 Å². The average Bonchev–Trinajstić information content (AvgIpc) is 3.07. The van der Waals surface area contributed by atoms with E-state index in [0.717, 1.165) is 24.8 Å². The summed E-state index contributed by atoms with van der Waals surface area (Å²) in [5.74, 6) is 1.79. The summed E-state index contributed by atoms with van der Waals surface area (Å²) in [6.45, 7) is 5.62. The van der Waals surface area contributed by atoms with E-state index in [1.165, 1.54) is 44.9 Å². The maximum atomic E-state index is 5.87. The lowest BCUT2D eigenvalue weighted by Gasteiger charge is -2.22. The Kier molecular flexibility index (Phi) is 6.81. The third kappa shape index (κ3) is 5.50. The van der Waals surface area contributed by atoms with Crippen LogP contribution in [0.15, 0.2) is 4.99 Å². The number of aliphatic imine (C=N–C) groups is 1. The van der Waals surface area contributed by atoms with E-state index in [9.17, 15) is 0 Å². The summed E-state index contributed by atoms with van der Waals surface area (Å²) in [5.41, 5.74) is 0. The summed E-state index contributed by atoms with van der Waals surface area (Å²) in [7, 11) is 1.85. The Morgan fingerprint density at radius 1 is 1.19 bits per heavy atom. The van der Waals surface area contributed by atoms with Gasteiger partial charge >= 0.3 is 0 Å². The lowest BCUT2D eigenvalue weighted by Crippen LogP contribution is -2.47. The highest BCUT2D eigenvalue weighted by molar-refractivity contribution is 5.80. The van der Waals surface area contributed by atoms with E-state index < -0.39 is 0 Å². The summed E-state index contributed by atoms with van der Waals surface area (Å²) in [6, 6.07) is 0.459. The van der Waals surface area contributed by atoms with Crippen molar-refractivity contribution in [2.24, 2.45) is 10.9 Å². The van der Waals surface area contributed by atoms with Crippen LogP contribution in [0.2, 0.25) is 0 Å². The van der Waals surface area contributed by atoms with Crippen molar-refractivity contribution in [3.05, 3.63) is 0 Å². The monoisotopic (exact) mass is 295 g/mol. The number of fused-ring (bicyclic) bond motifs is 2. The fourth-order valence-corrected chi connectivity index (χ4v) is 3.40. The highest BCUT2D eigenvalue weighted by Crippen LogP contribution is 2.34. The maximum Gasteiger partial charge on any atom is 0.191 e. The van der Waals surface area contributed by atoms with Crippen LogP contribution in [0.1, 0.15) is 65.2 Å². The standard InChI is InChI=1S/C17H33N3O/c1-13(2)8-6-4-5-7-11-19-17(18-3)20-15-12-14-9-10-16(15)21-14/h13-16H,4-12H2,1-3H3,(H2,18,19,20). The predicted octanol–water partition coefficient (Wildman–Crippen LogP) is 3.08. The molecule has 2 fully saturated rings. The van der Waals surface area contributed by atoms with E-state index in [0.29, 0.717) is 18.2 Å². The minimum absolute atomic E-state index is 0.407. The molecular formula is C17H33N3O. The van der Waals surface area contributed by atoms with Crippen LogP contribution in [0.3, 0.4) is 0 Å². The number of guanidine groups is 1. The number of nitrogens with one attached hydrogen (secondary N) is 2. The SMILES string of the molecule is CN=C(NCCCCCCC(C)C)NC1CC2CCC1O2. The molecule has 122 valence electrons. The molecule has 2 saturated heterocycles. The van der Waals surface area contributed by atoms with Crippen molar-refractivity contribution in [2.45, 2.75) is 83.5 Å². The Morgan fingerprint density at radius 2 is 2.00 bits per heavy atom. The van der Waals surface area contributed by atoms with Gasteiger partial charge in [0, 0.05) is 13.6 Å². The highest BCUT2D eigenvalue weighted by Gasteiger charge is 2.40. The second-order valence-corrected chi connectivity index (χ2v) is 6.96. The van der Waals surface area contributed by atoms with E-state index in [1.54, 1.807) is 0 Å². The van der Waals surface area contributed by atoms with Gasteiger partial charge < -0.3 is 15.4 Å². The summed E-state index contributed by atoms with van der Waals surface area (Å²) in [6.07, 6.45) is 11.1. The highest BCUT2D eigenvalue weighted by atomic mass is 16.5. The lowest BCUT2D eigenvalue weighted by atomic mass is 9.96. The molecule has 3 unspecified atom stereocenters. The van der Waals surface area contributed by atoms with Crippen LogP contribution in [-0.2, 0) is 4.74 Å². The third-order valence-electron chi connectivity index (χ3n) is 4.65. The van der Waals surface area contributed by atoms with Gasteiger partial charge in [-0.3, -0.25) is 4.99 Å². The molecule has 0 aliphatic carbocycles. The van der Waals surface area contributed by atoms with E-state index >= 15 is 0 Å². The molecule has 2 N–H and O–H groups in total. The molecule has 0 amide bonds. The van der Waals surface area contributed by atoms with Gasteiger partial charge in [0.25, 0.3) is 0 Å². The lowest BCUT2D eigenvalue weighted by molar-refractivity contribution is 0.0992. The van der Waals surface area contributed by atoms with Gasteiger partial charge in [0.15, 0.2) is 5.96 Å². The Labute approximate surface area is 130 Å². The zero-order valence-corrected chi connectivity index (χ0v) is 14.0. The second-order valence-electron chi connectivity index (χ2n) is 6.96. The van der Waals surface area contributed by atoms with E-state index in [4.69, 9.17) is 4.74 Å². The summed E-state index contributed by atoms with van der Waals surface area (Å²) >= 11 is 0. The van der Waals surface area contributed by atoms with Gasteiger partial charge in [0.1, 0.15) is 0 Å². The van der Waals surface area contributed by atoms with Crippen LogP contribution in [-0.4, -0.2) is 37.8 Å². The molecule has 2 heterocycles. The topological polar surface area (TPSA) is 45.7 Å². The Bertz CT molecular complexity index is 330. The van der Waals surface area contributed by atoms with Crippen molar-refractivity contribution in [1.29, 1.82) is 0 Å². The van der Waals surface area contributed by atoms with Crippen molar-refractivity contribution < 1.29 is 4.74 Å². The van der Waals surface area contributed by atoms with Gasteiger partial charge in [-0.1, -0.05) is 39.5 Å². The number of unbranched alkanes of at least 4 members (excludes halogenated alkanes) is 3. The molecule has 0 aromatic carbocycles. The summed E-state index contributed by atoms with van der Waals surface area (Å²) < 4.78 is 5.87. The molecule has 21 heavy (non-hydrogen) atoms. The van der Waals surface area contributed by atoms with Crippen molar-refractivity contribution >= 4 is 5.96 Å². The number of nitrogens with zero attached hydrogens (tertiary/aromatic N) is 1. The maximum absolute atomic E-state index is 5.87. The van der Waals surface area contributed by atoms with Crippen LogP contribution >= 0.6 is 0 Å². The van der Waals surface area contributed by atoms with E-state index in [1.807, 2.05) is 7.05 Å². The number of hydrogen-bond acceptors (Lipinski definition) is 2. The largest absolute Gasteiger partial charge is 0.373 e. The third-order valence-corrected chi connectivity index (χ3v) is 4.65. The number of ether oxygens (including phenoxy) is 1. The van der Waals surface area contributed by atoms with Crippen LogP contribution < -0.4 is 10.6 Å². The van der Waals surface area contributed by atoms with Crippen molar-refractivity contribution in [1.82, 2.24) is 10.6 Å². The smallest absolute Gasteiger partial charge is 0.191 e. The van der Waals surface area contributed by atoms with E-state index in [2.05, 4.69) is 29.5 Å². The molecule has 0 aromatic heterocycles. The fourth-order valence-electron chi connectivity index (χ4n) is 3.40. The van der Waals surface area contributed by atoms with Crippen molar-refractivity contribution in [3.63, 3.8) is 0 Å². The van der Waals surface area contributed by atoms with Gasteiger partial charge in [0.2, 0.25) is 0 Å². The molecule has 2 aliphatic rings. The van der Waals surface area contributed by atoms with Crippen molar-refractivity contribution in [3.8, 4) is 0 Å². The first-order valence-electron chi connectivity index (χ1n) is 8.81. The molecule has 2 aliphatic heterocycles. The van der Waals surface area contributed by atoms with Crippen LogP contribution in [0.4, 0.5) is 0 Å². The number of rotatable bonds is 8. The second kappa shape index (κ2) is 8.62. The van der Waals surface area contributed by atoms with Gasteiger partial charge in [-0.15, -0.1) is 0 Å². The average molecular weight is 295 g/mol. The molecule has 4 nitrogen and oxygen atoms in total. The Hall–Kier alpha value is -0.770. The Balaban J connectivity index is 1.52. The molecular weight excluding hydrogens is 262 g/mol. The van der Waals surface area contributed by atoms with Crippen LogP contribution in [0.5, 0.6) is 0 Å². The predicted molar refractivity (Wildman–Crippen MR) is 88.7 cm³/mol. The molecule has 2 rings (SSSR count). The number of hydrogen-bond donors (Lipinski definition) is 2. The normalized spacial score (nSPS) is 28.4. The van der Waals surface area contributed by atoms with E-state index in [-0.39, 0.29) is 0 Å². The molecule has 0 saturated carbocycles. The van der Waals surface area contributed by atoms with Gasteiger partial charge in [-0.25, -0.2) is 0 Å². The zero-order valence-electron chi connectivity index (χ0n) is 14.0. The fraction of sp³-hybridized carbons (Fsp3) is 0.941. The minimum Gasteiger partial charge on any atom is -0.373 e. The quantitative estimate of drug-likeness (QED) is 0.411. The van der Waals surface area contributed by atoms with Crippen LogP contribution in [0, 0.1) is 5.92 Å². The molecule has 2 bridgehead atoms. The first kappa shape index (κ1) is 16.6. The zero-order chi connectivity index (χ0) is 15.1. The summed E-state index contributed by atoms with van der Waals surface area (Å²) in [4.78, 5) is 4.33. The summed E-state index contributed by atoms with van der Waals surface area (Å²) in [5, 5.41) is 6.97. The van der Waals surface area contributed by atoms with Gasteiger partial charge in [0.05, 0.1) is 18.2 Å². The molecule has 3 atom stereocenters.